The van der Waals surface area contributed by atoms with E-state index in [0.29, 0.717) is 17.8 Å². The summed E-state index contributed by atoms with van der Waals surface area (Å²) < 4.78 is 5.46. The molecule has 1 fully saturated rings. The summed E-state index contributed by atoms with van der Waals surface area (Å²) in [7, 11) is 0. The Hall–Kier alpha value is -0.860. The van der Waals surface area contributed by atoms with Gasteiger partial charge in [0.05, 0.1) is 0 Å². The molecule has 2 nitrogen and oxygen atoms in total. The summed E-state index contributed by atoms with van der Waals surface area (Å²) in [6.45, 7) is 10.7. The Morgan fingerprint density at radius 3 is 2.20 bits per heavy atom. The van der Waals surface area contributed by atoms with E-state index in [0.717, 1.165) is 26.1 Å². The Bertz CT molecular complexity index is 433. The highest BCUT2D eigenvalue weighted by Gasteiger charge is 2.25. The average molecular weight is 275 g/mol. The van der Waals surface area contributed by atoms with E-state index in [4.69, 9.17) is 10.5 Å². The van der Waals surface area contributed by atoms with Gasteiger partial charge in [0.15, 0.2) is 0 Å². The molecule has 0 spiro atoms. The molecule has 112 valence electrons. The maximum atomic E-state index is 6.58. The molecule has 20 heavy (non-hydrogen) atoms. The number of benzene rings is 1. The maximum absolute atomic E-state index is 6.58. The van der Waals surface area contributed by atoms with E-state index in [1.807, 2.05) is 0 Å². The van der Waals surface area contributed by atoms with Crippen LogP contribution in [0.4, 0.5) is 0 Å². The molecule has 0 saturated carbocycles. The third-order valence-corrected chi connectivity index (χ3v) is 4.53. The molecule has 0 bridgehead atoms. The summed E-state index contributed by atoms with van der Waals surface area (Å²) in [4.78, 5) is 0. The van der Waals surface area contributed by atoms with Gasteiger partial charge in [-0.1, -0.05) is 45.9 Å². The third-order valence-electron chi connectivity index (χ3n) is 4.53. The molecular formula is C18H29NO. The van der Waals surface area contributed by atoms with Crippen LogP contribution < -0.4 is 5.73 Å². The van der Waals surface area contributed by atoms with Gasteiger partial charge in [0.25, 0.3) is 0 Å². The lowest BCUT2D eigenvalue weighted by Gasteiger charge is -2.30. The van der Waals surface area contributed by atoms with Crippen LogP contribution in [0, 0.1) is 5.92 Å². The molecule has 1 aliphatic rings. The molecule has 2 N–H and O–H groups in total. The first-order valence-electron chi connectivity index (χ1n) is 7.97. The molecule has 2 heteroatoms. The second kappa shape index (κ2) is 6.73. The largest absolute Gasteiger partial charge is 0.381 e. The highest BCUT2D eigenvalue weighted by atomic mass is 16.5. The minimum absolute atomic E-state index is 0.150. The quantitative estimate of drug-likeness (QED) is 0.886. The van der Waals surface area contributed by atoms with Gasteiger partial charge >= 0.3 is 0 Å². The minimum atomic E-state index is 0.150. The standard InChI is InChI=1S/C18H29NO/c1-12(2)15-5-6-16(17(11-15)13(3)4)18(19)14-7-9-20-10-8-14/h5-6,11-14,18H,7-10,19H2,1-4H3. The lowest BCUT2D eigenvalue weighted by molar-refractivity contribution is 0.0582. The molecule has 1 atom stereocenters. The van der Waals surface area contributed by atoms with Crippen LogP contribution in [0.3, 0.4) is 0 Å². The summed E-state index contributed by atoms with van der Waals surface area (Å²) in [6, 6.07) is 7.04. The van der Waals surface area contributed by atoms with Crippen molar-refractivity contribution in [2.75, 3.05) is 13.2 Å². The smallest absolute Gasteiger partial charge is 0.0469 e. The van der Waals surface area contributed by atoms with Gasteiger partial charge < -0.3 is 10.5 Å². The fraction of sp³-hybridized carbons (Fsp3) is 0.667. The van der Waals surface area contributed by atoms with Gasteiger partial charge in [0.2, 0.25) is 0 Å². The summed E-state index contributed by atoms with van der Waals surface area (Å²) in [5.41, 5.74) is 10.8. The van der Waals surface area contributed by atoms with Crippen LogP contribution in [0.25, 0.3) is 0 Å². The van der Waals surface area contributed by atoms with E-state index in [-0.39, 0.29) is 6.04 Å². The van der Waals surface area contributed by atoms with Crippen molar-refractivity contribution in [2.45, 2.75) is 58.4 Å². The highest BCUT2D eigenvalue weighted by Crippen LogP contribution is 2.34. The van der Waals surface area contributed by atoms with E-state index < -0.39 is 0 Å². The summed E-state index contributed by atoms with van der Waals surface area (Å²) in [5, 5.41) is 0. The first kappa shape index (κ1) is 15.5. The Kier molecular flexibility index (Phi) is 5.22. The van der Waals surface area contributed by atoms with E-state index in [1.54, 1.807) is 0 Å². The fourth-order valence-electron chi connectivity index (χ4n) is 3.08. The fourth-order valence-corrected chi connectivity index (χ4v) is 3.08. The second-order valence-corrected chi connectivity index (χ2v) is 6.67. The molecule has 0 aliphatic carbocycles. The van der Waals surface area contributed by atoms with E-state index in [9.17, 15) is 0 Å². The summed E-state index contributed by atoms with van der Waals surface area (Å²) in [5.74, 6) is 1.65. The second-order valence-electron chi connectivity index (χ2n) is 6.67. The first-order valence-corrected chi connectivity index (χ1v) is 7.97. The van der Waals surface area contributed by atoms with Gasteiger partial charge in [-0.2, -0.15) is 0 Å². The molecular weight excluding hydrogens is 246 g/mol. The average Bonchev–Trinajstić information content (AvgIpc) is 2.46. The third kappa shape index (κ3) is 3.42. The lowest BCUT2D eigenvalue weighted by Crippen LogP contribution is -2.28. The number of ether oxygens (including phenoxy) is 1. The summed E-state index contributed by atoms with van der Waals surface area (Å²) in [6.07, 6.45) is 2.18. The van der Waals surface area contributed by atoms with Crippen LogP contribution in [0.2, 0.25) is 0 Å². The molecule has 2 rings (SSSR count). The number of hydrogen-bond acceptors (Lipinski definition) is 2. The maximum Gasteiger partial charge on any atom is 0.0469 e. The van der Waals surface area contributed by atoms with Crippen molar-refractivity contribution in [3.8, 4) is 0 Å². The van der Waals surface area contributed by atoms with Crippen molar-refractivity contribution in [1.82, 2.24) is 0 Å². The SMILES string of the molecule is CC(C)c1ccc(C(N)C2CCOCC2)c(C(C)C)c1. The van der Waals surface area contributed by atoms with Crippen LogP contribution >= 0.6 is 0 Å². The van der Waals surface area contributed by atoms with Crippen molar-refractivity contribution in [3.05, 3.63) is 34.9 Å². The van der Waals surface area contributed by atoms with Gasteiger partial charge in [-0.15, -0.1) is 0 Å². The van der Waals surface area contributed by atoms with E-state index >= 15 is 0 Å². The van der Waals surface area contributed by atoms with Crippen LogP contribution in [0.15, 0.2) is 18.2 Å². The molecule has 1 heterocycles. The molecule has 1 aromatic carbocycles. The molecule has 1 unspecified atom stereocenters. The van der Waals surface area contributed by atoms with Gasteiger partial charge in [0, 0.05) is 19.3 Å². The number of rotatable bonds is 4. The Morgan fingerprint density at radius 1 is 1.00 bits per heavy atom. The molecule has 0 aromatic heterocycles. The van der Waals surface area contributed by atoms with Crippen LogP contribution in [-0.2, 0) is 4.74 Å². The van der Waals surface area contributed by atoms with Crippen molar-refractivity contribution < 1.29 is 4.74 Å². The number of nitrogens with two attached hydrogens (primary N) is 1. The van der Waals surface area contributed by atoms with Gasteiger partial charge in [0.1, 0.15) is 0 Å². The predicted molar refractivity (Wildman–Crippen MR) is 85.1 cm³/mol. The van der Waals surface area contributed by atoms with Crippen LogP contribution in [-0.4, -0.2) is 13.2 Å². The number of hydrogen-bond donors (Lipinski definition) is 1. The molecule has 1 aliphatic heterocycles. The Balaban J connectivity index is 2.29. The lowest BCUT2D eigenvalue weighted by atomic mass is 9.82. The molecule has 0 radical (unpaired) electrons. The normalized spacial score (nSPS) is 18.8. The van der Waals surface area contributed by atoms with Crippen LogP contribution in [0.1, 0.15) is 75.1 Å². The van der Waals surface area contributed by atoms with Gasteiger partial charge in [-0.3, -0.25) is 0 Å². The Morgan fingerprint density at radius 2 is 1.65 bits per heavy atom. The zero-order valence-corrected chi connectivity index (χ0v) is 13.4. The highest BCUT2D eigenvalue weighted by molar-refractivity contribution is 5.37. The van der Waals surface area contributed by atoms with Gasteiger partial charge in [-0.25, -0.2) is 0 Å². The monoisotopic (exact) mass is 275 g/mol. The molecule has 1 aromatic rings. The van der Waals surface area contributed by atoms with Crippen molar-refractivity contribution >= 4 is 0 Å². The van der Waals surface area contributed by atoms with Crippen molar-refractivity contribution in [2.24, 2.45) is 11.7 Å². The zero-order valence-electron chi connectivity index (χ0n) is 13.4. The summed E-state index contributed by atoms with van der Waals surface area (Å²) >= 11 is 0. The first-order chi connectivity index (χ1) is 9.50. The zero-order chi connectivity index (χ0) is 14.7. The van der Waals surface area contributed by atoms with E-state index in [1.165, 1.54) is 16.7 Å². The van der Waals surface area contributed by atoms with Crippen LogP contribution in [0.5, 0.6) is 0 Å². The topological polar surface area (TPSA) is 35.2 Å². The van der Waals surface area contributed by atoms with Gasteiger partial charge in [-0.05, 0) is 47.3 Å². The molecule has 0 amide bonds. The molecule has 1 saturated heterocycles. The van der Waals surface area contributed by atoms with Crippen molar-refractivity contribution in [3.63, 3.8) is 0 Å². The van der Waals surface area contributed by atoms with Crippen molar-refractivity contribution in [1.29, 1.82) is 0 Å². The Labute approximate surface area is 123 Å². The predicted octanol–water partition coefficient (Wildman–Crippen LogP) is 4.36. The minimum Gasteiger partial charge on any atom is -0.381 e. The van der Waals surface area contributed by atoms with E-state index in [2.05, 4.69) is 45.9 Å².